The number of carbonyl (C=O) groups excluding carboxylic acids is 2. The molecule has 5 heteroatoms. The van der Waals surface area contributed by atoms with E-state index in [-0.39, 0.29) is 24.3 Å². The lowest BCUT2D eigenvalue weighted by Gasteiger charge is -2.22. The second-order valence-electron chi connectivity index (χ2n) is 6.70. The van der Waals surface area contributed by atoms with Crippen molar-refractivity contribution < 1.29 is 14.3 Å². The molecule has 0 bridgehead atoms. The molecule has 1 aliphatic carbocycles. The van der Waals surface area contributed by atoms with Gasteiger partial charge in [0.1, 0.15) is 0 Å². The van der Waals surface area contributed by atoms with Gasteiger partial charge >= 0.3 is 0 Å². The van der Waals surface area contributed by atoms with Gasteiger partial charge in [-0.1, -0.05) is 49.6 Å². The van der Waals surface area contributed by atoms with Crippen LogP contribution in [0.15, 0.2) is 30.3 Å². The Morgan fingerprint density at radius 1 is 1.16 bits per heavy atom. The maximum atomic E-state index is 12.2. The van der Waals surface area contributed by atoms with Gasteiger partial charge in [-0.25, -0.2) is 0 Å². The number of rotatable bonds is 9. The fourth-order valence-corrected chi connectivity index (χ4v) is 3.22. The third kappa shape index (κ3) is 7.69. The fourth-order valence-electron chi connectivity index (χ4n) is 3.22. The Hall–Kier alpha value is -1.88. The second-order valence-corrected chi connectivity index (χ2v) is 6.70. The predicted octanol–water partition coefficient (Wildman–Crippen LogP) is 3.11. The molecular formula is C20H30N2O3. The summed E-state index contributed by atoms with van der Waals surface area (Å²) in [6, 6.07) is 9.28. The molecule has 0 aromatic heterocycles. The van der Waals surface area contributed by atoms with Crippen molar-refractivity contribution in [3.05, 3.63) is 35.9 Å². The number of benzene rings is 1. The van der Waals surface area contributed by atoms with Crippen molar-refractivity contribution in [3.8, 4) is 0 Å². The first-order valence-corrected chi connectivity index (χ1v) is 9.35. The van der Waals surface area contributed by atoms with Crippen LogP contribution in [0.2, 0.25) is 0 Å². The average molecular weight is 346 g/mol. The molecule has 2 amide bonds. The van der Waals surface area contributed by atoms with E-state index in [1.165, 1.54) is 39.0 Å². The Morgan fingerprint density at radius 3 is 2.56 bits per heavy atom. The fraction of sp³-hybridized carbons (Fsp3) is 0.600. The van der Waals surface area contributed by atoms with E-state index < -0.39 is 0 Å². The molecule has 0 aliphatic heterocycles. The number of nitrogens with one attached hydrogen (secondary N) is 2. The number of hydrogen-bond donors (Lipinski definition) is 2. The van der Waals surface area contributed by atoms with Gasteiger partial charge in [0.25, 0.3) is 0 Å². The van der Waals surface area contributed by atoms with Gasteiger partial charge in [0.2, 0.25) is 11.8 Å². The van der Waals surface area contributed by atoms with Gasteiger partial charge < -0.3 is 15.4 Å². The number of carbonyl (C=O) groups is 2. The molecule has 25 heavy (non-hydrogen) atoms. The maximum absolute atomic E-state index is 12.2. The standard InChI is InChI=1S/C20H30N2O3/c1-16(23)22-19(17-9-4-2-5-10-17)15-20(24)21-13-8-14-25-18-11-6-3-7-12-18/h2,4-5,9-10,18-19H,3,6-8,11-15H2,1H3,(H,21,24)(H,22,23)/t19-/m1/s1. The van der Waals surface area contributed by atoms with Crippen LogP contribution in [-0.4, -0.2) is 31.1 Å². The summed E-state index contributed by atoms with van der Waals surface area (Å²) in [5, 5.41) is 5.77. The SMILES string of the molecule is CC(=O)N[C@H](CC(=O)NCCCOC1CCCCC1)c1ccccc1. The summed E-state index contributed by atoms with van der Waals surface area (Å²) in [6.45, 7) is 2.77. The maximum Gasteiger partial charge on any atom is 0.222 e. The lowest BCUT2D eigenvalue weighted by molar-refractivity contribution is -0.122. The highest BCUT2D eigenvalue weighted by molar-refractivity contribution is 5.79. The Kier molecular flexibility index (Phi) is 8.46. The highest BCUT2D eigenvalue weighted by Crippen LogP contribution is 2.20. The van der Waals surface area contributed by atoms with E-state index in [1.54, 1.807) is 0 Å². The van der Waals surface area contributed by atoms with Gasteiger partial charge in [0.05, 0.1) is 18.6 Å². The molecular weight excluding hydrogens is 316 g/mol. The van der Waals surface area contributed by atoms with Crippen molar-refractivity contribution >= 4 is 11.8 Å². The minimum Gasteiger partial charge on any atom is -0.378 e. The van der Waals surface area contributed by atoms with E-state index in [2.05, 4.69) is 10.6 Å². The van der Waals surface area contributed by atoms with Gasteiger partial charge in [-0.2, -0.15) is 0 Å². The molecule has 2 rings (SSSR count). The highest BCUT2D eigenvalue weighted by atomic mass is 16.5. The van der Waals surface area contributed by atoms with Crippen LogP contribution in [0, 0.1) is 0 Å². The molecule has 1 atom stereocenters. The number of ether oxygens (including phenoxy) is 1. The molecule has 1 aromatic carbocycles. The predicted molar refractivity (Wildman–Crippen MR) is 98.1 cm³/mol. The number of hydrogen-bond acceptors (Lipinski definition) is 3. The quantitative estimate of drug-likeness (QED) is 0.675. The van der Waals surface area contributed by atoms with Crippen molar-refractivity contribution in [1.82, 2.24) is 10.6 Å². The minimum atomic E-state index is -0.294. The summed E-state index contributed by atoms with van der Waals surface area (Å²) in [6.07, 6.45) is 7.67. The molecule has 1 fully saturated rings. The van der Waals surface area contributed by atoms with E-state index in [0.717, 1.165) is 12.0 Å². The Morgan fingerprint density at radius 2 is 1.88 bits per heavy atom. The van der Waals surface area contributed by atoms with Gasteiger partial charge in [0, 0.05) is 20.1 Å². The topological polar surface area (TPSA) is 67.4 Å². The van der Waals surface area contributed by atoms with Crippen LogP contribution in [0.3, 0.4) is 0 Å². The Balaban J connectivity index is 1.67. The summed E-state index contributed by atoms with van der Waals surface area (Å²) in [5.74, 6) is -0.192. The molecule has 5 nitrogen and oxygen atoms in total. The summed E-state index contributed by atoms with van der Waals surface area (Å²) in [5.41, 5.74) is 0.938. The minimum absolute atomic E-state index is 0.0553. The van der Waals surface area contributed by atoms with Crippen LogP contribution >= 0.6 is 0 Å². The second kappa shape index (κ2) is 10.9. The first kappa shape index (κ1) is 19.4. The first-order valence-electron chi connectivity index (χ1n) is 9.35. The van der Waals surface area contributed by atoms with Crippen LogP contribution in [0.5, 0.6) is 0 Å². The molecule has 0 spiro atoms. The smallest absolute Gasteiger partial charge is 0.222 e. The lowest BCUT2D eigenvalue weighted by atomic mass is 9.98. The van der Waals surface area contributed by atoms with Crippen molar-refractivity contribution in [2.75, 3.05) is 13.2 Å². The Bertz CT molecular complexity index is 527. The molecule has 0 heterocycles. The van der Waals surface area contributed by atoms with Crippen LogP contribution < -0.4 is 10.6 Å². The largest absolute Gasteiger partial charge is 0.378 e. The monoisotopic (exact) mass is 346 g/mol. The molecule has 1 saturated carbocycles. The zero-order valence-corrected chi connectivity index (χ0v) is 15.1. The molecule has 138 valence electrons. The van der Waals surface area contributed by atoms with Gasteiger partial charge in [-0.05, 0) is 24.8 Å². The third-order valence-corrected chi connectivity index (χ3v) is 4.52. The van der Waals surface area contributed by atoms with E-state index in [4.69, 9.17) is 4.74 Å². The van der Waals surface area contributed by atoms with Gasteiger partial charge in [-0.15, -0.1) is 0 Å². The van der Waals surface area contributed by atoms with Crippen LogP contribution in [0.4, 0.5) is 0 Å². The third-order valence-electron chi connectivity index (χ3n) is 4.52. The van der Waals surface area contributed by atoms with Crippen molar-refractivity contribution in [2.45, 2.75) is 64.0 Å². The zero-order chi connectivity index (χ0) is 17.9. The van der Waals surface area contributed by atoms with E-state index >= 15 is 0 Å². The Labute approximate surface area is 150 Å². The van der Waals surface area contributed by atoms with Gasteiger partial charge in [-0.3, -0.25) is 9.59 Å². The zero-order valence-electron chi connectivity index (χ0n) is 15.1. The van der Waals surface area contributed by atoms with E-state index in [0.29, 0.717) is 19.3 Å². The molecule has 1 aliphatic rings. The summed E-state index contributed by atoms with van der Waals surface area (Å²) in [4.78, 5) is 23.6. The summed E-state index contributed by atoms with van der Waals surface area (Å²) < 4.78 is 5.86. The van der Waals surface area contributed by atoms with E-state index in [1.807, 2.05) is 30.3 Å². The molecule has 1 aromatic rings. The van der Waals surface area contributed by atoms with E-state index in [9.17, 15) is 9.59 Å². The number of amides is 2. The molecule has 0 unspecified atom stereocenters. The van der Waals surface area contributed by atoms with Crippen LogP contribution in [-0.2, 0) is 14.3 Å². The van der Waals surface area contributed by atoms with Crippen molar-refractivity contribution in [2.24, 2.45) is 0 Å². The summed E-state index contributed by atoms with van der Waals surface area (Å²) in [7, 11) is 0. The first-order chi connectivity index (χ1) is 12.1. The average Bonchev–Trinajstić information content (AvgIpc) is 2.62. The summed E-state index contributed by atoms with van der Waals surface area (Å²) >= 11 is 0. The van der Waals surface area contributed by atoms with Crippen molar-refractivity contribution in [3.63, 3.8) is 0 Å². The highest BCUT2D eigenvalue weighted by Gasteiger charge is 2.17. The van der Waals surface area contributed by atoms with Gasteiger partial charge in [0.15, 0.2) is 0 Å². The van der Waals surface area contributed by atoms with Crippen LogP contribution in [0.1, 0.15) is 63.5 Å². The molecule has 2 N–H and O–H groups in total. The lowest BCUT2D eigenvalue weighted by Crippen LogP contribution is -2.33. The molecule has 0 saturated heterocycles. The van der Waals surface area contributed by atoms with Crippen LogP contribution in [0.25, 0.3) is 0 Å². The molecule has 0 radical (unpaired) electrons. The van der Waals surface area contributed by atoms with Crippen molar-refractivity contribution in [1.29, 1.82) is 0 Å². The normalized spacial score (nSPS) is 16.2.